The van der Waals surface area contributed by atoms with Crippen molar-refractivity contribution in [3.05, 3.63) is 34.6 Å². The zero-order chi connectivity index (χ0) is 11.6. The van der Waals surface area contributed by atoms with Gasteiger partial charge in [0.25, 0.3) is 0 Å². The molecule has 2 rings (SSSR count). The maximum Gasteiger partial charge on any atom is 0.141 e. The van der Waals surface area contributed by atoms with Crippen LogP contribution in [-0.4, -0.2) is 18.3 Å². The van der Waals surface area contributed by atoms with E-state index in [2.05, 4.69) is 5.32 Å². The Balaban J connectivity index is 1.83. The van der Waals surface area contributed by atoms with Crippen LogP contribution in [0.5, 0.6) is 0 Å². The topological polar surface area (TPSA) is 32.3 Å². The number of hydrogen-bond donors (Lipinski definition) is 2. The van der Waals surface area contributed by atoms with Crippen LogP contribution in [0.1, 0.15) is 18.4 Å². The zero-order valence-corrected chi connectivity index (χ0v) is 9.73. The minimum Gasteiger partial charge on any atom is -0.396 e. The molecule has 0 amide bonds. The number of aliphatic hydroxyl groups is 1. The SMILES string of the molecule is OCC1(CNCc2ccc(F)c(Cl)c2)CC1. The Morgan fingerprint density at radius 3 is 2.75 bits per heavy atom. The predicted molar refractivity (Wildman–Crippen MR) is 61.9 cm³/mol. The van der Waals surface area contributed by atoms with Gasteiger partial charge in [-0.15, -0.1) is 0 Å². The van der Waals surface area contributed by atoms with Crippen LogP contribution in [0.3, 0.4) is 0 Å². The summed E-state index contributed by atoms with van der Waals surface area (Å²) < 4.78 is 12.9. The van der Waals surface area contributed by atoms with E-state index in [1.54, 1.807) is 12.1 Å². The fourth-order valence-corrected chi connectivity index (χ4v) is 1.89. The second kappa shape index (κ2) is 4.70. The summed E-state index contributed by atoms with van der Waals surface area (Å²) in [6.07, 6.45) is 2.17. The summed E-state index contributed by atoms with van der Waals surface area (Å²) in [7, 11) is 0. The van der Waals surface area contributed by atoms with E-state index < -0.39 is 0 Å². The van der Waals surface area contributed by atoms with E-state index in [4.69, 9.17) is 16.7 Å². The zero-order valence-electron chi connectivity index (χ0n) is 8.97. The highest BCUT2D eigenvalue weighted by molar-refractivity contribution is 6.30. The first-order valence-electron chi connectivity index (χ1n) is 5.41. The summed E-state index contributed by atoms with van der Waals surface area (Å²) in [5.41, 5.74) is 1.06. The molecule has 0 saturated heterocycles. The van der Waals surface area contributed by atoms with Gasteiger partial charge in [-0.1, -0.05) is 17.7 Å². The van der Waals surface area contributed by atoms with E-state index in [9.17, 15) is 4.39 Å². The second-order valence-electron chi connectivity index (χ2n) is 4.51. The first-order valence-corrected chi connectivity index (χ1v) is 5.79. The van der Waals surface area contributed by atoms with E-state index in [1.165, 1.54) is 6.07 Å². The molecule has 0 unspecified atom stereocenters. The molecule has 88 valence electrons. The summed E-state index contributed by atoms with van der Waals surface area (Å²) in [4.78, 5) is 0. The Morgan fingerprint density at radius 2 is 2.19 bits per heavy atom. The average Bonchev–Trinajstić information content (AvgIpc) is 3.04. The van der Waals surface area contributed by atoms with Crippen LogP contribution < -0.4 is 5.32 Å². The Bertz CT molecular complexity index is 379. The minimum absolute atomic E-state index is 0.101. The molecule has 1 aromatic carbocycles. The van der Waals surface area contributed by atoms with E-state index in [-0.39, 0.29) is 22.9 Å². The lowest BCUT2D eigenvalue weighted by Crippen LogP contribution is -2.26. The van der Waals surface area contributed by atoms with Crippen LogP contribution in [0.15, 0.2) is 18.2 Å². The Kier molecular flexibility index (Phi) is 3.47. The quantitative estimate of drug-likeness (QED) is 0.832. The van der Waals surface area contributed by atoms with Gasteiger partial charge in [0.15, 0.2) is 0 Å². The molecule has 1 fully saturated rings. The van der Waals surface area contributed by atoms with Crippen LogP contribution in [0.25, 0.3) is 0 Å². The third-order valence-electron chi connectivity index (χ3n) is 3.11. The summed E-state index contributed by atoms with van der Waals surface area (Å²) in [6.45, 7) is 1.70. The van der Waals surface area contributed by atoms with Crippen LogP contribution in [0.4, 0.5) is 4.39 Å². The third kappa shape index (κ3) is 2.73. The number of benzene rings is 1. The van der Waals surface area contributed by atoms with Gasteiger partial charge in [-0.3, -0.25) is 0 Å². The molecular weight excluding hydrogens is 229 g/mol. The van der Waals surface area contributed by atoms with Crippen molar-refractivity contribution in [1.82, 2.24) is 5.32 Å². The molecule has 16 heavy (non-hydrogen) atoms. The van der Waals surface area contributed by atoms with Gasteiger partial charge in [-0.05, 0) is 30.5 Å². The molecule has 0 aromatic heterocycles. The normalized spacial score (nSPS) is 17.4. The van der Waals surface area contributed by atoms with Crippen LogP contribution >= 0.6 is 11.6 Å². The largest absolute Gasteiger partial charge is 0.396 e. The standard InChI is InChI=1S/C12H15ClFNO/c13-10-5-9(1-2-11(10)14)6-15-7-12(8-16)3-4-12/h1-2,5,15-16H,3-4,6-8H2. The maximum atomic E-state index is 12.9. The molecular formula is C12H15ClFNO. The highest BCUT2D eigenvalue weighted by atomic mass is 35.5. The molecule has 1 aromatic rings. The molecule has 0 atom stereocenters. The first-order chi connectivity index (χ1) is 7.65. The van der Waals surface area contributed by atoms with Crippen molar-refractivity contribution >= 4 is 11.6 Å². The summed E-state index contributed by atoms with van der Waals surface area (Å²) in [5.74, 6) is -0.389. The number of nitrogens with one attached hydrogen (secondary N) is 1. The van der Waals surface area contributed by atoms with Gasteiger partial charge in [0.1, 0.15) is 5.82 Å². The maximum absolute atomic E-state index is 12.9. The molecule has 4 heteroatoms. The van der Waals surface area contributed by atoms with Crippen molar-refractivity contribution < 1.29 is 9.50 Å². The summed E-state index contributed by atoms with van der Waals surface area (Å²) in [5, 5.41) is 12.5. The van der Waals surface area contributed by atoms with Crippen molar-refractivity contribution in [2.45, 2.75) is 19.4 Å². The average molecular weight is 244 g/mol. The van der Waals surface area contributed by atoms with Gasteiger partial charge >= 0.3 is 0 Å². The number of rotatable bonds is 5. The van der Waals surface area contributed by atoms with Gasteiger partial charge in [-0.2, -0.15) is 0 Å². The van der Waals surface area contributed by atoms with Crippen LogP contribution in [0.2, 0.25) is 5.02 Å². The Morgan fingerprint density at radius 1 is 1.44 bits per heavy atom. The lowest BCUT2D eigenvalue weighted by molar-refractivity contribution is 0.207. The highest BCUT2D eigenvalue weighted by Crippen LogP contribution is 2.44. The van der Waals surface area contributed by atoms with E-state index in [0.29, 0.717) is 6.54 Å². The Hall–Kier alpha value is -0.640. The van der Waals surface area contributed by atoms with Crippen molar-refractivity contribution in [2.24, 2.45) is 5.41 Å². The number of halogens is 2. The Labute approximate surface area is 99.4 Å². The lowest BCUT2D eigenvalue weighted by atomic mass is 10.1. The van der Waals surface area contributed by atoms with E-state index in [1.807, 2.05) is 0 Å². The predicted octanol–water partition coefficient (Wildman–Crippen LogP) is 2.34. The van der Waals surface area contributed by atoms with E-state index in [0.717, 1.165) is 24.9 Å². The fraction of sp³-hybridized carbons (Fsp3) is 0.500. The molecule has 0 aliphatic heterocycles. The molecule has 0 bridgehead atoms. The minimum atomic E-state index is -0.389. The first kappa shape index (κ1) is 11.8. The monoisotopic (exact) mass is 243 g/mol. The van der Waals surface area contributed by atoms with Crippen molar-refractivity contribution in [3.63, 3.8) is 0 Å². The molecule has 0 radical (unpaired) electrons. The second-order valence-corrected chi connectivity index (χ2v) is 4.92. The molecule has 2 nitrogen and oxygen atoms in total. The van der Waals surface area contributed by atoms with Gasteiger partial charge < -0.3 is 10.4 Å². The highest BCUT2D eigenvalue weighted by Gasteiger charge is 2.41. The van der Waals surface area contributed by atoms with Crippen molar-refractivity contribution in [1.29, 1.82) is 0 Å². The third-order valence-corrected chi connectivity index (χ3v) is 3.40. The molecule has 1 saturated carbocycles. The van der Waals surface area contributed by atoms with Crippen LogP contribution in [0, 0.1) is 11.2 Å². The number of hydrogen-bond acceptors (Lipinski definition) is 2. The van der Waals surface area contributed by atoms with Gasteiger partial charge in [0.2, 0.25) is 0 Å². The fourth-order valence-electron chi connectivity index (χ4n) is 1.69. The molecule has 1 aliphatic carbocycles. The smallest absolute Gasteiger partial charge is 0.141 e. The summed E-state index contributed by atoms with van der Waals surface area (Å²) >= 11 is 5.68. The number of aliphatic hydroxyl groups excluding tert-OH is 1. The van der Waals surface area contributed by atoms with Gasteiger partial charge in [-0.25, -0.2) is 4.39 Å². The van der Waals surface area contributed by atoms with E-state index >= 15 is 0 Å². The van der Waals surface area contributed by atoms with Crippen molar-refractivity contribution in [3.8, 4) is 0 Å². The molecule has 1 aliphatic rings. The van der Waals surface area contributed by atoms with Gasteiger partial charge in [0, 0.05) is 25.1 Å². The molecule has 2 N–H and O–H groups in total. The molecule has 0 heterocycles. The van der Waals surface area contributed by atoms with Crippen LogP contribution in [-0.2, 0) is 6.54 Å². The van der Waals surface area contributed by atoms with Crippen molar-refractivity contribution in [2.75, 3.05) is 13.2 Å². The van der Waals surface area contributed by atoms with Gasteiger partial charge in [0.05, 0.1) is 5.02 Å². The lowest BCUT2D eigenvalue weighted by Gasteiger charge is -2.12. The summed E-state index contributed by atoms with van der Waals surface area (Å²) in [6, 6.07) is 4.72. The molecule has 0 spiro atoms.